The zero-order valence-electron chi connectivity index (χ0n) is 10.0. The fourth-order valence-electron chi connectivity index (χ4n) is 2.29. The molecule has 0 fully saturated rings. The number of benzene rings is 1. The highest BCUT2D eigenvalue weighted by atomic mass is 79.9. The summed E-state index contributed by atoms with van der Waals surface area (Å²) in [6, 6.07) is 6.75. The van der Waals surface area contributed by atoms with Crippen LogP contribution in [-0.2, 0) is 18.0 Å². The Kier molecular flexibility index (Phi) is 4.04. The molecule has 1 heterocycles. The number of alkyl halides is 1. The Labute approximate surface area is 106 Å². The summed E-state index contributed by atoms with van der Waals surface area (Å²) in [5.74, 6) is 0.686. The van der Waals surface area contributed by atoms with Crippen molar-refractivity contribution in [1.29, 1.82) is 0 Å². The molecule has 16 heavy (non-hydrogen) atoms. The molecule has 1 aliphatic rings. The SMILES string of the molecule is CCCC(C)C(Br)c1ccc2c(c1)COC2. The number of hydrogen-bond donors (Lipinski definition) is 0. The van der Waals surface area contributed by atoms with Gasteiger partial charge in [0.25, 0.3) is 0 Å². The number of halogens is 1. The van der Waals surface area contributed by atoms with Gasteiger partial charge in [-0.2, -0.15) is 0 Å². The van der Waals surface area contributed by atoms with Crippen LogP contribution in [0.15, 0.2) is 18.2 Å². The largest absolute Gasteiger partial charge is 0.372 e. The molecule has 1 aromatic carbocycles. The predicted octanol–water partition coefficient (Wildman–Crippen LogP) is 4.59. The lowest BCUT2D eigenvalue weighted by atomic mass is 9.95. The molecule has 0 amide bonds. The van der Waals surface area contributed by atoms with Crippen molar-refractivity contribution in [2.75, 3.05) is 0 Å². The third kappa shape index (κ3) is 2.49. The van der Waals surface area contributed by atoms with E-state index in [-0.39, 0.29) is 0 Å². The van der Waals surface area contributed by atoms with Crippen LogP contribution in [0.2, 0.25) is 0 Å². The first-order valence-electron chi connectivity index (χ1n) is 6.06. The Morgan fingerprint density at radius 2 is 2.06 bits per heavy atom. The van der Waals surface area contributed by atoms with E-state index in [1.807, 2.05) is 0 Å². The lowest BCUT2D eigenvalue weighted by Gasteiger charge is -2.18. The van der Waals surface area contributed by atoms with Gasteiger partial charge in [-0.3, -0.25) is 0 Å². The molecule has 0 saturated heterocycles. The smallest absolute Gasteiger partial charge is 0.0725 e. The summed E-state index contributed by atoms with van der Waals surface area (Å²) < 4.78 is 5.44. The van der Waals surface area contributed by atoms with Gasteiger partial charge in [0.05, 0.1) is 13.2 Å². The van der Waals surface area contributed by atoms with Crippen LogP contribution in [0, 0.1) is 5.92 Å². The maximum Gasteiger partial charge on any atom is 0.0725 e. The highest BCUT2D eigenvalue weighted by Gasteiger charge is 2.18. The highest BCUT2D eigenvalue weighted by molar-refractivity contribution is 9.09. The summed E-state index contributed by atoms with van der Waals surface area (Å²) in [7, 11) is 0. The second-order valence-corrected chi connectivity index (χ2v) is 5.68. The predicted molar refractivity (Wildman–Crippen MR) is 70.7 cm³/mol. The molecule has 0 spiro atoms. The van der Waals surface area contributed by atoms with E-state index in [2.05, 4.69) is 48.0 Å². The van der Waals surface area contributed by atoms with E-state index in [0.717, 1.165) is 13.2 Å². The monoisotopic (exact) mass is 282 g/mol. The second kappa shape index (κ2) is 5.33. The number of hydrogen-bond acceptors (Lipinski definition) is 1. The topological polar surface area (TPSA) is 9.23 Å². The molecule has 0 N–H and O–H groups in total. The van der Waals surface area contributed by atoms with Gasteiger partial charge in [-0.05, 0) is 29.0 Å². The molecule has 1 aromatic rings. The summed E-state index contributed by atoms with van der Waals surface area (Å²) in [5, 5.41) is 0. The quantitative estimate of drug-likeness (QED) is 0.734. The van der Waals surface area contributed by atoms with Gasteiger partial charge in [-0.1, -0.05) is 54.4 Å². The van der Waals surface area contributed by atoms with Gasteiger partial charge in [0.15, 0.2) is 0 Å². The third-order valence-electron chi connectivity index (χ3n) is 3.31. The van der Waals surface area contributed by atoms with Gasteiger partial charge in [-0.25, -0.2) is 0 Å². The molecule has 0 saturated carbocycles. The molecule has 2 heteroatoms. The van der Waals surface area contributed by atoms with E-state index in [0.29, 0.717) is 10.7 Å². The summed E-state index contributed by atoms with van der Waals surface area (Å²) in [4.78, 5) is 0.471. The van der Waals surface area contributed by atoms with Gasteiger partial charge in [0.1, 0.15) is 0 Å². The lowest BCUT2D eigenvalue weighted by molar-refractivity contribution is 0.134. The van der Waals surface area contributed by atoms with Crippen LogP contribution >= 0.6 is 15.9 Å². The van der Waals surface area contributed by atoms with Crippen molar-refractivity contribution in [2.24, 2.45) is 5.92 Å². The highest BCUT2D eigenvalue weighted by Crippen LogP contribution is 2.35. The van der Waals surface area contributed by atoms with E-state index in [1.54, 1.807) is 0 Å². The zero-order chi connectivity index (χ0) is 11.5. The van der Waals surface area contributed by atoms with Crippen LogP contribution in [0.3, 0.4) is 0 Å². The molecule has 1 nitrogen and oxygen atoms in total. The standard InChI is InChI=1S/C14H19BrO/c1-3-4-10(2)14(15)11-5-6-12-8-16-9-13(12)7-11/h5-7,10,14H,3-4,8-9H2,1-2H3. The Morgan fingerprint density at radius 1 is 1.31 bits per heavy atom. The Morgan fingerprint density at radius 3 is 2.81 bits per heavy atom. The number of ether oxygens (including phenoxy) is 1. The number of fused-ring (bicyclic) bond motifs is 1. The van der Waals surface area contributed by atoms with Gasteiger partial charge in [0.2, 0.25) is 0 Å². The molecule has 0 bridgehead atoms. The van der Waals surface area contributed by atoms with E-state index in [9.17, 15) is 0 Å². The first-order chi connectivity index (χ1) is 7.72. The average molecular weight is 283 g/mol. The van der Waals surface area contributed by atoms with Crippen molar-refractivity contribution in [3.63, 3.8) is 0 Å². The van der Waals surface area contributed by atoms with Crippen molar-refractivity contribution in [1.82, 2.24) is 0 Å². The first-order valence-corrected chi connectivity index (χ1v) is 6.97. The Balaban J connectivity index is 2.14. The molecule has 0 radical (unpaired) electrons. The van der Waals surface area contributed by atoms with Crippen molar-refractivity contribution >= 4 is 15.9 Å². The Bertz CT molecular complexity index is 362. The molecule has 2 unspecified atom stereocenters. The fraction of sp³-hybridized carbons (Fsp3) is 0.571. The van der Waals surface area contributed by atoms with Gasteiger partial charge in [-0.15, -0.1) is 0 Å². The van der Waals surface area contributed by atoms with E-state index < -0.39 is 0 Å². The lowest BCUT2D eigenvalue weighted by Crippen LogP contribution is -2.03. The maximum atomic E-state index is 5.44. The fourth-order valence-corrected chi connectivity index (χ4v) is 2.84. The average Bonchev–Trinajstić information content (AvgIpc) is 2.75. The minimum atomic E-state index is 0.471. The van der Waals surface area contributed by atoms with Gasteiger partial charge < -0.3 is 4.74 Å². The molecule has 88 valence electrons. The molecular formula is C14H19BrO. The van der Waals surface area contributed by atoms with Crippen LogP contribution in [0.4, 0.5) is 0 Å². The van der Waals surface area contributed by atoms with Gasteiger partial charge in [0, 0.05) is 4.83 Å². The summed E-state index contributed by atoms with van der Waals surface area (Å²) in [6.45, 7) is 6.12. The van der Waals surface area contributed by atoms with E-state index in [1.165, 1.54) is 29.5 Å². The molecule has 0 aromatic heterocycles. The summed E-state index contributed by atoms with van der Waals surface area (Å²) >= 11 is 3.82. The summed E-state index contributed by atoms with van der Waals surface area (Å²) in [6.07, 6.45) is 2.51. The Hall–Kier alpha value is -0.340. The zero-order valence-corrected chi connectivity index (χ0v) is 11.6. The van der Waals surface area contributed by atoms with Crippen LogP contribution in [0.25, 0.3) is 0 Å². The third-order valence-corrected chi connectivity index (χ3v) is 4.74. The first kappa shape index (κ1) is 12.1. The second-order valence-electron chi connectivity index (χ2n) is 4.69. The van der Waals surface area contributed by atoms with Crippen molar-refractivity contribution in [3.05, 3.63) is 34.9 Å². The van der Waals surface area contributed by atoms with E-state index >= 15 is 0 Å². The normalized spacial score (nSPS) is 18.2. The van der Waals surface area contributed by atoms with E-state index in [4.69, 9.17) is 4.74 Å². The van der Waals surface area contributed by atoms with Crippen molar-refractivity contribution in [2.45, 2.75) is 44.7 Å². The molecule has 0 aliphatic carbocycles. The van der Waals surface area contributed by atoms with Crippen LogP contribution in [-0.4, -0.2) is 0 Å². The van der Waals surface area contributed by atoms with Crippen LogP contribution < -0.4 is 0 Å². The maximum absolute atomic E-state index is 5.44. The molecule has 1 aliphatic heterocycles. The summed E-state index contributed by atoms with van der Waals surface area (Å²) in [5.41, 5.74) is 4.11. The number of rotatable bonds is 4. The molecular weight excluding hydrogens is 264 g/mol. The van der Waals surface area contributed by atoms with Crippen molar-refractivity contribution < 1.29 is 4.74 Å². The minimum absolute atomic E-state index is 0.471. The van der Waals surface area contributed by atoms with Crippen LogP contribution in [0.1, 0.15) is 48.2 Å². The van der Waals surface area contributed by atoms with Crippen LogP contribution in [0.5, 0.6) is 0 Å². The minimum Gasteiger partial charge on any atom is -0.372 e. The molecule has 2 rings (SSSR count). The van der Waals surface area contributed by atoms with Crippen molar-refractivity contribution in [3.8, 4) is 0 Å². The molecule has 2 atom stereocenters. The van der Waals surface area contributed by atoms with Gasteiger partial charge >= 0.3 is 0 Å².